The number of carboxylic acids is 1. The zero-order chi connectivity index (χ0) is 25.8. The monoisotopic (exact) mass is 480 g/mol. The van der Waals surface area contributed by atoms with Crippen molar-refractivity contribution in [3.05, 3.63) is 59.7 Å². The van der Waals surface area contributed by atoms with Crippen molar-refractivity contribution < 1.29 is 24.2 Å². The lowest BCUT2D eigenvalue weighted by atomic mass is 9.77. The molecule has 7 heteroatoms. The van der Waals surface area contributed by atoms with Crippen LogP contribution in [0.4, 0.5) is 4.79 Å². The maximum Gasteiger partial charge on any atom is 0.407 e. The van der Waals surface area contributed by atoms with E-state index < -0.39 is 29.6 Å². The van der Waals surface area contributed by atoms with E-state index in [2.05, 4.69) is 34.9 Å². The molecule has 2 aromatic carbocycles. The molecule has 35 heavy (non-hydrogen) atoms. The summed E-state index contributed by atoms with van der Waals surface area (Å²) in [5.74, 6) is -1.38. The molecule has 2 aromatic rings. The molecule has 0 aromatic heterocycles. The second-order valence-electron chi connectivity index (χ2n) is 10.1. The van der Waals surface area contributed by atoms with Crippen molar-refractivity contribution in [2.45, 2.75) is 65.5 Å². The number of rotatable bonds is 10. The average molecular weight is 481 g/mol. The van der Waals surface area contributed by atoms with Crippen LogP contribution in [0, 0.1) is 11.3 Å². The first-order valence-corrected chi connectivity index (χ1v) is 12.2. The predicted octanol–water partition coefficient (Wildman–Crippen LogP) is 4.95. The minimum Gasteiger partial charge on any atom is -0.481 e. The van der Waals surface area contributed by atoms with Crippen LogP contribution in [-0.2, 0) is 14.3 Å². The van der Waals surface area contributed by atoms with E-state index in [1.807, 2.05) is 45.0 Å². The Bertz CT molecular complexity index is 1030. The van der Waals surface area contributed by atoms with E-state index in [1.54, 1.807) is 13.8 Å². The van der Waals surface area contributed by atoms with Crippen LogP contribution in [0.3, 0.4) is 0 Å². The zero-order valence-corrected chi connectivity index (χ0v) is 21.1. The van der Waals surface area contributed by atoms with E-state index in [0.717, 1.165) is 22.3 Å². The van der Waals surface area contributed by atoms with Crippen LogP contribution in [0.1, 0.15) is 64.5 Å². The average Bonchev–Trinajstić information content (AvgIpc) is 3.13. The van der Waals surface area contributed by atoms with Crippen LogP contribution in [0.5, 0.6) is 0 Å². The van der Waals surface area contributed by atoms with Gasteiger partial charge in [0.1, 0.15) is 6.61 Å². The number of carbonyl (C=O) groups is 3. The van der Waals surface area contributed by atoms with Gasteiger partial charge < -0.3 is 20.5 Å². The molecule has 1 unspecified atom stereocenters. The SMILES string of the molecule is CC[C@@H](CC(=O)O)NC(=O)C(C)(C)C(NC(=O)OCC1c2ccccc2-c2ccccc21)C(C)C. The van der Waals surface area contributed by atoms with E-state index in [4.69, 9.17) is 9.84 Å². The lowest BCUT2D eigenvalue weighted by Crippen LogP contribution is -2.56. The third kappa shape index (κ3) is 5.84. The summed E-state index contributed by atoms with van der Waals surface area (Å²) in [5, 5.41) is 14.8. The summed E-state index contributed by atoms with van der Waals surface area (Å²) in [6, 6.07) is 15.3. The van der Waals surface area contributed by atoms with Gasteiger partial charge in [0, 0.05) is 18.0 Å². The topological polar surface area (TPSA) is 105 Å². The smallest absolute Gasteiger partial charge is 0.407 e. The number of carboxylic acid groups (broad SMARTS) is 1. The van der Waals surface area contributed by atoms with Crippen LogP contribution in [0.2, 0.25) is 0 Å². The van der Waals surface area contributed by atoms with E-state index in [1.165, 1.54) is 0 Å². The second-order valence-corrected chi connectivity index (χ2v) is 10.1. The molecule has 0 radical (unpaired) electrons. The lowest BCUT2D eigenvalue weighted by Gasteiger charge is -2.37. The maximum atomic E-state index is 13.1. The summed E-state index contributed by atoms with van der Waals surface area (Å²) in [5.41, 5.74) is 3.59. The number of amides is 2. The number of carbonyl (C=O) groups excluding carboxylic acids is 2. The van der Waals surface area contributed by atoms with Crippen LogP contribution in [0.25, 0.3) is 11.1 Å². The summed E-state index contributed by atoms with van der Waals surface area (Å²) in [6.07, 6.45) is -0.228. The van der Waals surface area contributed by atoms with Crippen LogP contribution < -0.4 is 10.6 Å². The van der Waals surface area contributed by atoms with Gasteiger partial charge in [0.25, 0.3) is 0 Å². The van der Waals surface area contributed by atoms with Crippen LogP contribution in [-0.4, -0.2) is 41.8 Å². The summed E-state index contributed by atoms with van der Waals surface area (Å²) >= 11 is 0. The van der Waals surface area contributed by atoms with Gasteiger partial charge in [-0.2, -0.15) is 0 Å². The molecule has 0 saturated carbocycles. The van der Waals surface area contributed by atoms with Crippen molar-refractivity contribution in [2.24, 2.45) is 11.3 Å². The van der Waals surface area contributed by atoms with Gasteiger partial charge in [-0.15, -0.1) is 0 Å². The zero-order valence-electron chi connectivity index (χ0n) is 21.1. The molecule has 1 aliphatic carbocycles. The minimum absolute atomic E-state index is 0.0525. The number of fused-ring (bicyclic) bond motifs is 3. The van der Waals surface area contributed by atoms with Gasteiger partial charge >= 0.3 is 12.1 Å². The Kier molecular flexibility index (Phi) is 8.20. The van der Waals surface area contributed by atoms with Crippen molar-refractivity contribution >= 4 is 18.0 Å². The molecule has 0 spiro atoms. The molecule has 1 aliphatic rings. The van der Waals surface area contributed by atoms with Gasteiger partial charge in [-0.3, -0.25) is 9.59 Å². The highest BCUT2D eigenvalue weighted by molar-refractivity contribution is 5.84. The van der Waals surface area contributed by atoms with E-state index in [0.29, 0.717) is 6.42 Å². The number of ether oxygens (including phenoxy) is 1. The van der Waals surface area contributed by atoms with Gasteiger partial charge in [-0.25, -0.2) is 4.79 Å². The fourth-order valence-electron chi connectivity index (χ4n) is 4.97. The minimum atomic E-state index is -0.980. The van der Waals surface area contributed by atoms with Crippen molar-refractivity contribution in [1.82, 2.24) is 10.6 Å². The highest BCUT2D eigenvalue weighted by Gasteiger charge is 2.41. The second kappa shape index (κ2) is 10.9. The van der Waals surface area contributed by atoms with Gasteiger partial charge in [-0.05, 0) is 48.4 Å². The highest BCUT2D eigenvalue weighted by Crippen LogP contribution is 2.44. The fourth-order valence-corrected chi connectivity index (χ4v) is 4.97. The standard InChI is InChI=1S/C28H36N2O5/c1-6-18(15-24(31)32)29-26(33)28(4,5)25(17(2)3)30-27(34)35-16-23-21-13-9-7-11-19(21)20-12-8-10-14-22(20)23/h7-14,17-18,23,25H,6,15-16H2,1-5H3,(H,29,33)(H,30,34)(H,31,32)/t18-,25?/m0/s1. The number of hydrogen-bond acceptors (Lipinski definition) is 4. The molecule has 0 aliphatic heterocycles. The largest absolute Gasteiger partial charge is 0.481 e. The number of benzene rings is 2. The third-order valence-electron chi connectivity index (χ3n) is 6.90. The van der Waals surface area contributed by atoms with Crippen molar-refractivity contribution in [2.75, 3.05) is 6.61 Å². The first kappa shape index (κ1) is 26.3. The maximum absolute atomic E-state index is 13.1. The highest BCUT2D eigenvalue weighted by atomic mass is 16.5. The van der Waals surface area contributed by atoms with E-state index in [9.17, 15) is 14.4 Å². The molecule has 2 atom stereocenters. The van der Waals surface area contributed by atoms with Gasteiger partial charge in [0.2, 0.25) is 5.91 Å². The third-order valence-corrected chi connectivity index (χ3v) is 6.90. The quantitative estimate of drug-likeness (QED) is 0.447. The Hall–Kier alpha value is -3.35. The summed E-state index contributed by atoms with van der Waals surface area (Å²) in [7, 11) is 0. The summed E-state index contributed by atoms with van der Waals surface area (Å²) in [4.78, 5) is 37.1. The Morgan fingerprint density at radius 2 is 1.51 bits per heavy atom. The van der Waals surface area contributed by atoms with Crippen molar-refractivity contribution in [1.29, 1.82) is 0 Å². The van der Waals surface area contributed by atoms with Gasteiger partial charge in [0.05, 0.1) is 11.8 Å². The predicted molar refractivity (Wildman–Crippen MR) is 135 cm³/mol. The molecule has 0 fully saturated rings. The normalized spacial score (nSPS) is 14.6. The fraction of sp³-hybridized carbons (Fsp3) is 0.464. The van der Waals surface area contributed by atoms with Crippen molar-refractivity contribution in [3.63, 3.8) is 0 Å². The molecule has 0 saturated heterocycles. The Morgan fingerprint density at radius 1 is 0.971 bits per heavy atom. The van der Waals surface area contributed by atoms with Crippen LogP contribution in [0.15, 0.2) is 48.5 Å². The molecule has 188 valence electrons. The van der Waals surface area contributed by atoms with Crippen LogP contribution >= 0.6 is 0 Å². The molecular weight excluding hydrogens is 444 g/mol. The molecule has 3 N–H and O–H groups in total. The van der Waals surface area contributed by atoms with Crippen molar-refractivity contribution in [3.8, 4) is 11.1 Å². The van der Waals surface area contributed by atoms with E-state index in [-0.39, 0.29) is 30.8 Å². The number of nitrogens with one attached hydrogen (secondary N) is 2. The molecule has 0 bridgehead atoms. The molecule has 0 heterocycles. The first-order chi connectivity index (χ1) is 16.6. The Balaban J connectivity index is 1.68. The summed E-state index contributed by atoms with van der Waals surface area (Å²) in [6.45, 7) is 9.38. The molecule has 7 nitrogen and oxygen atoms in total. The summed E-state index contributed by atoms with van der Waals surface area (Å²) < 4.78 is 5.69. The molecule has 3 rings (SSSR count). The molecule has 2 amide bonds. The number of hydrogen-bond donors (Lipinski definition) is 3. The Morgan fingerprint density at radius 3 is 2.00 bits per heavy atom. The molecular formula is C28H36N2O5. The first-order valence-electron chi connectivity index (χ1n) is 12.2. The van der Waals surface area contributed by atoms with Gasteiger partial charge in [0.15, 0.2) is 0 Å². The lowest BCUT2D eigenvalue weighted by molar-refractivity contribution is -0.138. The number of aliphatic carboxylic acids is 1. The van der Waals surface area contributed by atoms with E-state index >= 15 is 0 Å². The Labute approximate surface area is 207 Å². The van der Waals surface area contributed by atoms with Gasteiger partial charge in [-0.1, -0.05) is 69.3 Å². The number of alkyl carbamates (subject to hydrolysis) is 1.